The Morgan fingerprint density at radius 1 is 0.538 bits per heavy atom. The number of benzene rings is 1. The maximum atomic E-state index is 2.49. The van der Waals surface area contributed by atoms with Crippen LogP contribution in [0.1, 0.15) is 96.3 Å². The van der Waals surface area contributed by atoms with E-state index < -0.39 is 5.95 Å². The van der Waals surface area contributed by atoms with Gasteiger partial charge in [-0.2, -0.15) is 0 Å². The molecular formula is C24H38PSe+. The fraction of sp³-hybridized carbons (Fsp3) is 0.750. The molecule has 0 saturated heterocycles. The molecule has 0 amide bonds. The molecule has 4 rings (SSSR count). The van der Waals surface area contributed by atoms with Crippen molar-refractivity contribution in [2.45, 2.75) is 113 Å². The third-order valence-corrected chi connectivity index (χ3v) is 22.5. The summed E-state index contributed by atoms with van der Waals surface area (Å²) in [4.78, 5) is 0. The maximum absolute atomic E-state index is 2.49. The van der Waals surface area contributed by atoms with Crippen molar-refractivity contribution < 1.29 is 0 Å². The number of hydrogen-bond donors (Lipinski definition) is 0. The zero-order chi connectivity index (χ0) is 17.7. The van der Waals surface area contributed by atoms with Crippen molar-refractivity contribution in [1.29, 1.82) is 0 Å². The zero-order valence-electron chi connectivity index (χ0n) is 16.6. The minimum absolute atomic E-state index is 0.764. The monoisotopic (exact) mass is 437 g/mol. The molecule has 0 aliphatic heterocycles. The summed E-state index contributed by atoms with van der Waals surface area (Å²) in [5, 5.41) is 0. The van der Waals surface area contributed by atoms with Gasteiger partial charge in [0.1, 0.15) is 0 Å². The van der Waals surface area contributed by atoms with Crippen molar-refractivity contribution in [3.8, 4) is 0 Å². The van der Waals surface area contributed by atoms with Gasteiger partial charge in [-0.1, -0.05) is 0 Å². The molecule has 26 heavy (non-hydrogen) atoms. The Labute approximate surface area is 168 Å². The molecular weight excluding hydrogens is 398 g/mol. The van der Waals surface area contributed by atoms with E-state index in [0.29, 0.717) is 0 Å². The fourth-order valence-electron chi connectivity index (χ4n) is 6.24. The third kappa shape index (κ3) is 4.26. The van der Waals surface area contributed by atoms with E-state index in [-0.39, 0.29) is 0 Å². The Hall–Kier alpha value is 0.169. The van der Waals surface area contributed by atoms with Gasteiger partial charge >= 0.3 is 169 Å². The Bertz CT molecular complexity index is 479. The number of hydrogen-bond acceptors (Lipinski definition) is 0. The Morgan fingerprint density at radius 2 is 0.923 bits per heavy atom. The van der Waals surface area contributed by atoms with Crippen LogP contribution in [0.5, 0.6) is 0 Å². The molecule has 144 valence electrons. The summed E-state index contributed by atoms with van der Waals surface area (Å²) in [6, 6.07) is 11.8. The van der Waals surface area contributed by atoms with Gasteiger partial charge in [-0.05, 0) is 0 Å². The second-order valence-electron chi connectivity index (χ2n) is 9.04. The van der Waals surface area contributed by atoms with Crippen molar-refractivity contribution in [3.05, 3.63) is 30.3 Å². The first-order valence-electron chi connectivity index (χ1n) is 11.5. The van der Waals surface area contributed by atoms with Crippen LogP contribution in [-0.4, -0.2) is 31.5 Å². The van der Waals surface area contributed by atoms with Gasteiger partial charge in [-0.15, -0.1) is 0 Å². The van der Waals surface area contributed by atoms with Crippen LogP contribution < -0.4 is 4.46 Å². The molecule has 0 unspecified atom stereocenters. The first-order valence-corrected chi connectivity index (χ1v) is 16.6. The first kappa shape index (κ1) is 19.5. The standard InChI is InChI=1S/C24H38PSe/c1-5-13-21(14-6-1)25(22-15-7-2-8-16-22,23-17-9-3-10-18-23)26-24-19-11-4-12-20-24/h4,11-12,19-23H,1-3,5-10,13-18H2/q+1. The second kappa shape index (κ2) is 9.58. The van der Waals surface area contributed by atoms with E-state index in [1.165, 1.54) is 57.8 Å². The van der Waals surface area contributed by atoms with Crippen molar-refractivity contribution in [2.24, 2.45) is 0 Å². The van der Waals surface area contributed by atoms with Gasteiger partial charge in [0, 0.05) is 0 Å². The Morgan fingerprint density at radius 3 is 1.31 bits per heavy atom. The molecule has 3 aliphatic rings. The van der Waals surface area contributed by atoms with Gasteiger partial charge in [-0.25, -0.2) is 0 Å². The SMILES string of the molecule is c1ccc([Se][P+](C2CCCCC2)(C2CCCCC2)C2CCCCC2)cc1. The molecule has 3 saturated carbocycles. The Balaban J connectivity index is 1.71. The molecule has 0 N–H and O–H groups in total. The predicted molar refractivity (Wildman–Crippen MR) is 119 cm³/mol. The predicted octanol–water partition coefficient (Wildman–Crippen LogP) is 6.95. The molecule has 1 aromatic carbocycles. The summed E-state index contributed by atoms with van der Waals surface area (Å²) in [5.41, 5.74) is 3.42. The van der Waals surface area contributed by atoms with E-state index in [0.717, 1.165) is 31.5 Å². The van der Waals surface area contributed by atoms with Gasteiger partial charge in [0.05, 0.1) is 0 Å². The van der Waals surface area contributed by atoms with Crippen LogP contribution in [0.3, 0.4) is 0 Å². The summed E-state index contributed by atoms with van der Waals surface area (Å²) >= 11 is 0.764. The summed E-state index contributed by atoms with van der Waals surface area (Å²) in [7, 11) is 0. The summed E-state index contributed by atoms with van der Waals surface area (Å²) < 4.78 is 1.75. The van der Waals surface area contributed by atoms with Gasteiger partial charge in [0.15, 0.2) is 0 Å². The van der Waals surface area contributed by atoms with Crippen LogP contribution in [0.25, 0.3) is 0 Å². The van der Waals surface area contributed by atoms with Crippen molar-refractivity contribution in [2.75, 3.05) is 0 Å². The van der Waals surface area contributed by atoms with E-state index in [4.69, 9.17) is 0 Å². The number of rotatable bonds is 5. The molecule has 0 spiro atoms. The van der Waals surface area contributed by atoms with Crippen molar-refractivity contribution >= 4 is 24.9 Å². The van der Waals surface area contributed by atoms with Crippen LogP contribution >= 0.6 is 5.95 Å². The topological polar surface area (TPSA) is 0 Å². The first-order chi connectivity index (χ1) is 12.9. The average molecular weight is 437 g/mol. The van der Waals surface area contributed by atoms with Crippen molar-refractivity contribution in [1.82, 2.24) is 0 Å². The van der Waals surface area contributed by atoms with E-state index in [1.807, 2.05) is 0 Å². The molecule has 0 nitrogen and oxygen atoms in total. The quantitative estimate of drug-likeness (QED) is 0.346. The van der Waals surface area contributed by atoms with Gasteiger partial charge < -0.3 is 0 Å². The normalized spacial score (nSPS) is 24.6. The molecule has 3 fully saturated rings. The molecule has 3 aliphatic carbocycles. The third-order valence-electron chi connectivity index (χ3n) is 7.44. The van der Waals surface area contributed by atoms with E-state index in [9.17, 15) is 0 Å². The van der Waals surface area contributed by atoms with E-state index in [1.54, 1.807) is 43.0 Å². The summed E-state index contributed by atoms with van der Waals surface area (Å²) in [6.07, 6.45) is 23.3. The van der Waals surface area contributed by atoms with Crippen LogP contribution in [0, 0.1) is 0 Å². The molecule has 0 atom stereocenters. The molecule has 2 heteroatoms. The average Bonchev–Trinajstić information content (AvgIpc) is 2.75. The minimum atomic E-state index is -0.882. The summed E-state index contributed by atoms with van der Waals surface area (Å²) in [5.74, 6) is -0.882. The van der Waals surface area contributed by atoms with Crippen LogP contribution in [0.2, 0.25) is 0 Å². The van der Waals surface area contributed by atoms with Crippen LogP contribution in [-0.2, 0) is 0 Å². The zero-order valence-corrected chi connectivity index (χ0v) is 19.2. The molecule has 0 aromatic heterocycles. The molecule has 1 aromatic rings. The van der Waals surface area contributed by atoms with Gasteiger partial charge in [0.2, 0.25) is 0 Å². The molecule has 0 radical (unpaired) electrons. The Kier molecular flexibility index (Phi) is 7.18. The summed E-state index contributed by atoms with van der Waals surface area (Å²) in [6.45, 7) is 0. The van der Waals surface area contributed by atoms with E-state index >= 15 is 0 Å². The molecule has 0 heterocycles. The second-order valence-corrected chi connectivity index (χ2v) is 19.1. The van der Waals surface area contributed by atoms with Crippen molar-refractivity contribution in [3.63, 3.8) is 0 Å². The van der Waals surface area contributed by atoms with Gasteiger partial charge in [0.25, 0.3) is 0 Å². The van der Waals surface area contributed by atoms with Gasteiger partial charge in [-0.3, -0.25) is 0 Å². The van der Waals surface area contributed by atoms with E-state index in [2.05, 4.69) is 30.3 Å². The molecule has 0 bridgehead atoms. The van der Waals surface area contributed by atoms with Crippen LogP contribution in [0.4, 0.5) is 0 Å². The van der Waals surface area contributed by atoms with Crippen LogP contribution in [0.15, 0.2) is 30.3 Å². The fourth-order valence-corrected chi connectivity index (χ4v) is 22.7.